The minimum atomic E-state index is -0.566. The molecule has 5 aromatic rings. The van der Waals surface area contributed by atoms with E-state index in [1.807, 2.05) is 66.7 Å². The average molecular weight is 487 g/mol. The van der Waals surface area contributed by atoms with Crippen molar-refractivity contribution in [1.82, 2.24) is 9.78 Å². The zero-order valence-electron chi connectivity index (χ0n) is 19.7. The first-order valence-electron chi connectivity index (χ1n) is 11.7. The molecule has 4 aromatic carbocycles. The van der Waals surface area contributed by atoms with Gasteiger partial charge in [0.1, 0.15) is 11.4 Å². The molecule has 0 saturated carbocycles. The van der Waals surface area contributed by atoms with Crippen molar-refractivity contribution < 1.29 is 19.5 Å². The molecule has 0 aliphatic heterocycles. The Bertz CT molecular complexity index is 1570. The number of phenols is 1. The van der Waals surface area contributed by atoms with E-state index in [2.05, 4.69) is 5.10 Å². The molecule has 0 spiro atoms. The number of ketones is 3. The average Bonchev–Trinajstić information content (AvgIpc) is 3.35. The number of rotatable bonds is 8. The van der Waals surface area contributed by atoms with Crippen molar-refractivity contribution in [1.29, 1.82) is 0 Å². The Morgan fingerprint density at radius 3 is 1.84 bits per heavy atom. The lowest BCUT2D eigenvalue weighted by Crippen LogP contribution is -2.14. The molecule has 0 radical (unpaired) electrons. The van der Waals surface area contributed by atoms with Crippen LogP contribution in [0.5, 0.6) is 5.75 Å². The summed E-state index contributed by atoms with van der Waals surface area (Å²) in [5, 5.41) is 14.1. The maximum absolute atomic E-state index is 13.9. The summed E-state index contributed by atoms with van der Waals surface area (Å²) in [4.78, 5) is 40.4. The van der Waals surface area contributed by atoms with Crippen LogP contribution in [0.15, 0.2) is 115 Å². The zero-order chi connectivity index (χ0) is 25.8. The highest BCUT2D eigenvalue weighted by atomic mass is 16.3. The van der Waals surface area contributed by atoms with E-state index in [0.717, 1.165) is 0 Å². The van der Waals surface area contributed by atoms with Crippen molar-refractivity contribution >= 4 is 17.3 Å². The van der Waals surface area contributed by atoms with Crippen LogP contribution in [0.2, 0.25) is 0 Å². The lowest BCUT2D eigenvalue weighted by Gasteiger charge is -2.10. The molecule has 0 saturated heterocycles. The van der Waals surface area contributed by atoms with Crippen LogP contribution >= 0.6 is 0 Å². The fourth-order valence-corrected chi connectivity index (χ4v) is 4.16. The van der Waals surface area contributed by atoms with Gasteiger partial charge in [0.15, 0.2) is 17.3 Å². The number of benzene rings is 4. The van der Waals surface area contributed by atoms with Gasteiger partial charge in [-0.25, -0.2) is 4.68 Å². The molecule has 1 heterocycles. The van der Waals surface area contributed by atoms with Gasteiger partial charge in [-0.2, -0.15) is 5.10 Å². The maximum Gasteiger partial charge on any atom is 0.197 e. The highest BCUT2D eigenvalue weighted by Gasteiger charge is 2.31. The first-order chi connectivity index (χ1) is 18.0. The van der Waals surface area contributed by atoms with Gasteiger partial charge in [-0.15, -0.1) is 0 Å². The van der Waals surface area contributed by atoms with Crippen molar-refractivity contribution in [2.24, 2.45) is 0 Å². The van der Waals surface area contributed by atoms with Gasteiger partial charge in [-0.05, 0) is 36.4 Å². The van der Waals surface area contributed by atoms with Gasteiger partial charge < -0.3 is 5.11 Å². The molecule has 0 fully saturated rings. The van der Waals surface area contributed by atoms with E-state index in [4.69, 9.17) is 0 Å². The highest BCUT2D eigenvalue weighted by molar-refractivity contribution is 6.21. The van der Waals surface area contributed by atoms with Crippen LogP contribution in [0.25, 0.3) is 16.9 Å². The third kappa shape index (κ3) is 4.86. The quantitative estimate of drug-likeness (QED) is 0.217. The molecule has 0 atom stereocenters. The predicted molar refractivity (Wildman–Crippen MR) is 140 cm³/mol. The topological polar surface area (TPSA) is 89.3 Å². The largest absolute Gasteiger partial charge is 0.508 e. The SMILES string of the molecule is O=C(CC(=O)c1nn(-c2ccccc2)c(-c2ccccc2)c1C(=O)c1ccccc1)c1ccc(O)cc1. The molecule has 0 aliphatic rings. The molecule has 6 heteroatoms. The van der Waals surface area contributed by atoms with Crippen LogP contribution in [0.1, 0.15) is 43.2 Å². The summed E-state index contributed by atoms with van der Waals surface area (Å²) in [5.41, 5.74) is 2.63. The predicted octanol–water partition coefficient (Wildman–Crippen LogP) is 5.93. The van der Waals surface area contributed by atoms with Crippen molar-refractivity contribution in [3.05, 3.63) is 138 Å². The summed E-state index contributed by atoms with van der Waals surface area (Å²) in [5.74, 6) is -1.34. The van der Waals surface area contributed by atoms with Gasteiger partial charge in [0, 0.05) is 16.7 Å². The molecule has 37 heavy (non-hydrogen) atoms. The van der Waals surface area contributed by atoms with Gasteiger partial charge in [0.05, 0.1) is 23.4 Å². The number of aromatic hydroxyl groups is 1. The molecule has 6 nitrogen and oxygen atoms in total. The second kappa shape index (κ2) is 10.3. The first-order valence-corrected chi connectivity index (χ1v) is 11.7. The Morgan fingerprint density at radius 1 is 0.649 bits per heavy atom. The van der Waals surface area contributed by atoms with E-state index in [9.17, 15) is 19.5 Å². The van der Waals surface area contributed by atoms with Crippen LogP contribution < -0.4 is 0 Å². The number of nitrogens with zero attached hydrogens (tertiary/aromatic N) is 2. The third-order valence-electron chi connectivity index (χ3n) is 5.97. The number of hydrogen-bond acceptors (Lipinski definition) is 5. The number of carbonyl (C=O) groups excluding carboxylic acids is 3. The van der Waals surface area contributed by atoms with E-state index < -0.39 is 18.0 Å². The number of hydrogen-bond donors (Lipinski definition) is 1. The van der Waals surface area contributed by atoms with Crippen molar-refractivity contribution in [2.75, 3.05) is 0 Å². The van der Waals surface area contributed by atoms with Crippen LogP contribution in [-0.4, -0.2) is 32.2 Å². The molecule has 1 aromatic heterocycles. The van der Waals surface area contributed by atoms with Crippen LogP contribution in [-0.2, 0) is 0 Å². The minimum absolute atomic E-state index is 0.0210. The Morgan fingerprint density at radius 2 is 1.22 bits per heavy atom. The number of carbonyl (C=O) groups is 3. The summed E-state index contributed by atoms with van der Waals surface area (Å²) in [6, 6.07) is 32.9. The van der Waals surface area contributed by atoms with Gasteiger partial charge in [0.25, 0.3) is 0 Å². The number of Topliss-reactive ketones (excluding diaryl/α,β-unsaturated/α-hetero) is 2. The molecule has 180 valence electrons. The number of para-hydroxylation sites is 1. The maximum atomic E-state index is 13.9. The minimum Gasteiger partial charge on any atom is -0.508 e. The fourth-order valence-electron chi connectivity index (χ4n) is 4.16. The normalized spacial score (nSPS) is 10.7. The number of aromatic nitrogens is 2. The monoisotopic (exact) mass is 486 g/mol. The second-order valence-corrected chi connectivity index (χ2v) is 8.45. The van der Waals surface area contributed by atoms with E-state index in [0.29, 0.717) is 22.5 Å². The molecule has 1 N–H and O–H groups in total. The Labute approximate surface area is 213 Å². The summed E-state index contributed by atoms with van der Waals surface area (Å²) in [7, 11) is 0. The second-order valence-electron chi connectivity index (χ2n) is 8.45. The Balaban J connectivity index is 1.69. The van der Waals surface area contributed by atoms with Crippen LogP contribution in [0.4, 0.5) is 0 Å². The molecule has 0 bridgehead atoms. The van der Waals surface area contributed by atoms with Crippen molar-refractivity contribution in [3.63, 3.8) is 0 Å². The first kappa shape index (κ1) is 23.6. The zero-order valence-corrected chi connectivity index (χ0v) is 19.7. The van der Waals surface area contributed by atoms with Gasteiger partial charge in [0.2, 0.25) is 0 Å². The summed E-state index contributed by atoms with van der Waals surface area (Å²) >= 11 is 0. The molecular weight excluding hydrogens is 464 g/mol. The van der Waals surface area contributed by atoms with Crippen LogP contribution in [0.3, 0.4) is 0 Å². The van der Waals surface area contributed by atoms with Gasteiger partial charge in [-0.1, -0.05) is 78.9 Å². The molecular formula is C31H22N2O4. The fraction of sp³-hybridized carbons (Fsp3) is 0.0323. The summed E-state index contributed by atoms with van der Waals surface area (Å²) in [6.07, 6.45) is -0.472. The standard InChI is InChI=1S/C31H22N2O4/c34-25-18-16-21(17-19-25)26(35)20-27(36)29-28(31(37)23-12-6-2-7-13-23)30(22-10-4-1-5-11-22)33(32-29)24-14-8-3-9-15-24/h1-19,34H,20H2. The smallest absolute Gasteiger partial charge is 0.197 e. The van der Waals surface area contributed by atoms with Crippen molar-refractivity contribution in [2.45, 2.75) is 6.42 Å². The lowest BCUT2D eigenvalue weighted by molar-refractivity contribution is 0.0885. The summed E-state index contributed by atoms with van der Waals surface area (Å²) in [6.45, 7) is 0. The highest BCUT2D eigenvalue weighted by Crippen LogP contribution is 2.32. The lowest BCUT2D eigenvalue weighted by atomic mass is 9.94. The molecule has 0 amide bonds. The Kier molecular flexibility index (Phi) is 6.55. The molecule has 0 unspecified atom stereocenters. The number of phenolic OH excluding ortho intramolecular Hbond substituents is 1. The Hall–Kier alpha value is -5.10. The van der Waals surface area contributed by atoms with E-state index in [1.165, 1.54) is 24.3 Å². The van der Waals surface area contributed by atoms with Gasteiger partial charge >= 0.3 is 0 Å². The van der Waals surface area contributed by atoms with E-state index in [-0.39, 0.29) is 28.4 Å². The van der Waals surface area contributed by atoms with E-state index in [1.54, 1.807) is 28.9 Å². The molecule has 5 rings (SSSR count). The van der Waals surface area contributed by atoms with E-state index >= 15 is 0 Å². The van der Waals surface area contributed by atoms with Crippen molar-refractivity contribution in [3.8, 4) is 22.7 Å². The summed E-state index contributed by atoms with van der Waals surface area (Å²) < 4.78 is 1.59. The third-order valence-corrected chi connectivity index (χ3v) is 5.97. The van der Waals surface area contributed by atoms with Gasteiger partial charge in [-0.3, -0.25) is 14.4 Å². The molecule has 0 aliphatic carbocycles. The van der Waals surface area contributed by atoms with Crippen LogP contribution in [0, 0.1) is 0 Å².